The normalized spacial score (nSPS) is 11.1. The Morgan fingerprint density at radius 3 is 2.74 bits per heavy atom. The Morgan fingerprint density at radius 1 is 1.16 bits per heavy atom. The lowest BCUT2D eigenvalue weighted by Gasteiger charge is -2.21. The zero-order chi connectivity index (χ0) is 13.5. The van der Waals surface area contributed by atoms with Crippen molar-refractivity contribution in [1.82, 2.24) is 4.90 Å². The molecule has 1 aromatic carbocycles. The van der Waals surface area contributed by atoms with Crippen molar-refractivity contribution in [3.8, 4) is 0 Å². The summed E-state index contributed by atoms with van der Waals surface area (Å²) in [4.78, 5) is 2.51. The van der Waals surface area contributed by atoms with Gasteiger partial charge >= 0.3 is 0 Å². The zero-order valence-electron chi connectivity index (χ0n) is 11.5. The highest BCUT2D eigenvalue weighted by molar-refractivity contribution is 7.07. The maximum atomic E-state index is 5.84. The Bertz CT molecular complexity index is 479. The molecule has 3 heteroatoms. The first-order chi connectivity index (χ1) is 9.28. The Kier molecular flexibility index (Phi) is 5.43. The third-order valence-electron chi connectivity index (χ3n) is 3.19. The molecule has 2 N–H and O–H groups in total. The van der Waals surface area contributed by atoms with Crippen molar-refractivity contribution in [2.45, 2.75) is 26.3 Å². The molecule has 0 fully saturated rings. The largest absolute Gasteiger partial charge is 0.399 e. The summed E-state index contributed by atoms with van der Waals surface area (Å²) in [6.07, 6.45) is 2.32. The maximum Gasteiger partial charge on any atom is 0.0317 e. The van der Waals surface area contributed by atoms with Crippen LogP contribution in [0.2, 0.25) is 0 Å². The number of hydrogen-bond donors (Lipinski definition) is 1. The smallest absolute Gasteiger partial charge is 0.0317 e. The fourth-order valence-electron chi connectivity index (χ4n) is 2.26. The molecule has 102 valence electrons. The van der Waals surface area contributed by atoms with E-state index in [4.69, 9.17) is 5.73 Å². The molecule has 0 radical (unpaired) electrons. The molecule has 0 aliphatic carbocycles. The minimum absolute atomic E-state index is 0.854. The van der Waals surface area contributed by atoms with Gasteiger partial charge in [-0.05, 0) is 59.5 Å². The average Bonchev–Trinajstić information content (AvgIpc) is 2.89. The molecule has 0 aliphatic rings. The maximum absolute atomic E-state index is 5.84. The van der Waals surface area contributed by atoms with Gasteiger partial charge in [-0.1, -0.05) is 19.1 Å². The fraction of sp³-hybridized carbons (Fsp3) is 0.375. The van der Waals surface area contributed by atoms with E-state index in [2.05, 4.69) is 40.8 Å². The molecule has 2 aromatic rings. The summed E-state index contributed by atoms with van der Waals surface area (Å²) < 4.78 is 0. The van der Waals surface area contributed by atoms with Gasteiger partial charge in [-0.2, -0.15) is 11.3 Å². The van der Waals surface area contributed by atoms with Crippen molar-refractivity contribution in [3.05, 3.63) is 52.2 Å². The predicted octanol–water partition coefficient (Wildman–Crippen LogP) is 3.79. The first kappa shape index (κ1) is 14.1. The fourth-order valence-corrected chi connectivity index (χ4v) is 2.96. The number of thiophene rings is 1. The standard InChI is InChI=1S/C16H22N2S/c1-2-8-18(9-6-14-7-10-19-13-14)12-15-4-3-5-16(17)11-15/h3-5,7,10-11,13H,2,6,8-9,12,17H2,1H3. The number of nitrogen functional groups attached to an aromatic ring is 1. The van der Waals surface area contributed by atoms with Crippen LogP contribution in [0.1, 0.15) is 24.5 Å². The second-order valence-corrected chi connectivity index (χ2v) is 5.68. The Labute approximate surface area is 119 Å². The van der Waals surface area contributed by atoms with Crippen LogP contribution in [0.4, 0.5) is 5.69 Å². The number of hydrogen-bond acceptors (Lipinski definition) is 3. The highest BCUT2D eigenvalue weighted by Crippen LogP contribution is 2.12. The highest BCUT2D eigenvalue weighted by Gasteiger charge is 2.06. The van der Waals surface area contributed by atoms with Crippen LogP contribution < -0.4 is 5.73 Å². The van der Waals surface area contributed by atoms with Gasteiger partial charge in [-0.3, -0.25) is 4.90 Å². The van der Waals surface area contributed by atoms with Gasteiger partial charge < -0.3 is 5.73 Å². The van der Waals surface area contributed by atoms with E-state index in [1.165, 1.54) is 17.5 Å². The molecule has 19 heavy (non-hydrogen) atoms. The average molecular weight is 274 g/mol. The van der Waals surface area contributed by atoms with Crippen molar-refractivity contribution in [3.63, 3.8) is 0 Å². The highest BCUT2D eigenvalue weighted by atomic mass is 32.1. The van der Waals surface area contributed by atoms with Crippen molar-refractivity contribution in [2.75, 3.05) is 18.8 Å². The molecule has 1 heterocycles. The molecular formula is C16H22N2S. The summed E-state index contributed by atoms with van der Waals surface area (Å²) in [5, 5.41) is 4.39. The van der Waals surface area contributed by atoms with E-state index in [0.717, 1.165) is 31.7 Å². The minimum Gasteiger partial charge on any atom is -0.399 e. The molecule has 0 spiro atoms. The van der Waals surface area contributed by atoms with E-state index in [1.54, 1.807) is 11.3 Å². The van der Waals surface area contributed by atoms with Gasteiger partial charge in [-0.25, -0.2) is 0 Å². The van der Waals surface area contributed by atoms with E-state index in [1.807, 2.05) is 12.1 Å². The molecule has 2 rings (SSSR count). The van der Waals surface area contributed by atoms with Crippen LogP contribution in [0, 0.1) is 0 Å². The molecule has 0 aliphatic heterocycles. The van der Waals surface area contributed by atoms with Gasteiger partial charge in [-0.15, -0.1) is 0 Å². The molecule has 1 aromatic heterocycles. The van der Waals surface area contributed by atoms with Crippen LogP contribution in [0.25, 0.3) is 0 Å². The van der Waals surface area contributed by atoms with Gasteiger partial charge in [0.2, 0.25) is 0 Å². The van der Waals surface area contributed by atoms with Crippen LogP contribution in [0.3, 0.4) is 0 Å². The topological polar surface area (TPSA) is 29.3 Å². The molecular weight excluding hydrogens is 252 g/mol. The number of benzene rings is 1. The summed E-state index contributed by atoms with van der Waals surface area (Å²) in [5.41, 5.74) is 9.44. The molecule has 2 nitrogen and oxygen atoms in total. The van der Waals surface area contributed by atoms with E-state index < -0.39 is 0 Å². The predicted molar refractivity (Wildman–Crippen MR) is 84.4 cm³/mol. The zero-order valence-corrected chi connectivity index (χ0v) is 12.3. The summed E-state index contributed by atoms with van der Waals surface area (Å²) in [6.45, 7) is 5.47. The molecule has 0 saturated carbocycles. The Morgan fingerprint density at radius 2 is 2.05 bits per heavy atom. The van der Waals surface area contributed by atoms with Gasteiger partial charge in [0, 0.05) is 18.8 Å². The lowest BCUT2D eigenvalue weighted by molar-refractivity contribution is 0.269. The molecule has 0 amide bonds. The van der Waals surface area contributed by atoms with E-state index in [9.17, 15) is 0 Å². The number of nitrogens with zero attached hydrogens (tertiary/aromatic N) is 1. The summed E-state index contributed by atoms with van der Waals surface area (Å²) in [7, 11) is 0. The molecule has 0 unspecified atom stereocenters. The van der Waals surface area contributed by atoms with Crippen LogP contribution in [-0.2, 0) is 13.0 Å². The van der Waals surface area contributed by atoms with E-state index >= 15 is 0 Å². The molecule has 0 saturated heterocycles. The SMILES string of the molecule is CCCN(CCc1ccsc1)Cc1cccc(N)c1. The van der Waals surface area contributed by atoms with Crippen molar-refractivity contribution < 1.29 is 0 Å². The van der Waals surface area contributed by atoms with Crippen LogP contribution >= 0.6 is 11.3 Å². The number of anilines is 1. The second-order valence-electron chi connectivity index (χ2n) is 4.90. The van der Waals surface area contributed by atoms with Crippen molar-refractivity contribution >= 4 is 17.0 Å². The quantitative estimate of drug-likeness (QED) is 0.778. The summed E-state index contributed by atoms with van der Waals surface area (Å²) >= 11 is 1.78. The van der Waals surface area contributed by atoms with Gasteiger partial charge in [0.05, 0.1) is 0 Å². The van der Waals surface area contributed by atoms with Crippen LogP contribution in [-0.4, -0.2) is 18.0 Å². The minimum atomic E-state index is 0.854. The summed E-state index contributed by atoms with van der Waals surface area (Å²) in [5.74, 6) is 0. The summed E-state index contributed by atoms with van der Waals surface area (Å²) in [6, 6.07) is 10.4. The lowest BCUT2D eigenvalue weighted by Crippen LogP contribution is -2.26. The van der Waals surface area contributed by atoms with Gasteiger partial charge in [0.15, 0.2) is 0 Å². The van der Waals surface area contributed by atoms with E-state index in [0.29, 0.717) is 0 Å². The number of rotatable bonds is 7. The van der Waals surface area contributed by atoms with Gasteiger partial charge in [0.1, 0.15) is 0 Å². The second kappa shape index (κ2) is 7.31. The van der Waals surface area contributed by atoms with Crippen molar-refractivity contribution in [1.29, 1.82) is 0 Å². The third kappa shape index (κ3) is 4.69. The lowest BCUT2D eigenvalue weighted by atomic mass is 10.1. The first-order valence-corrected chi connectivity index (χ1v) is 7.80. The third-order valence-corrected chi connectivity index (χ3v) is 3.93. The van der Waals surface area contributed by atoms with E-state index in [-0.39, 0.29) is 0 Å². The van der Waals surface area contributed by atoms with Crippen molar-refractivity contribution in [2.24, 2.45) is 0 Å². The Hall–Kier alpha value is -1.32. The molecule has 0 atom stereocenters. The Balaban J connectivity index is 1.91. The van der Waals surface area contributed by atoms with Crippen LogP contribution in [0.15, 0.2) is 41.1 Å². The molecule has 0 bridgehead atoms. The van der Waals surface area contributed by atoms with Crippen LogP contribution in [0.5, 0.6) is 0 Å². The monoisotopic (exact) mass is 274 g/mol. The number of nitrogens with two attached hydrogens (primary N) is 1. The first-order valence-electron chi connectivity index (χ1n) is 6.86. The van der Waals surface area contributed by atoms with Gasteiger partial charge in [0.25, 0.3) is 0 Å².